The van der Waals surface area contributed by atoms with Crippen molar-refractivity contribution in [3.8, 4) is 0 Å². The minimum Gasteiger partial charge on any atom is -0.266 e. The maximum Gasteiger partial charge on any atom is 0.296 e. The van der Waals surface area contributed by atoms with Crippen molar-refractivity contribution in [2.45, 2.75) is 25.2 Å². The molecule has 2 aromatic rings. The van der Waals surface area contributed by atoms with Crippen molar-refractivity contribution in [3.05, 3.63) is 65.7 Å². The first-order chi connectivity index (χ1) is 9.97. The number of hydrogen-bond donors (Lipinski definition) is 0. The zero-order valence-corrected chi connectivity index (χ0v) is 13.1. The molecule has 3 nitrogen and oxygen atoms in total. The first-order valence-electron chi connectivity index (χ1n) is 6.97. The molecule has 2 rings (SSSR count). The summed E-state index contributed by atoms with van der Waals surface area (Å²) in [6.45, 7) is 4.09. The van der Waals surface area contributed by atoms with E-state index in [0.29, 0.717) is 0 Å². The van der Waals surface area contributed by atoms with Crippen LogP contribution in [0.1, 0.15) is 18.1 Å². The summed E-state index contributed by atoms with van der Waals surface area (Å²) < 4.78 is 29.3. The van der Waals surface area contributed by atoms with Crippen LogP contribution in [0.15, 0.2) is 59.5 Å². The van der Waals surface area contributed by atoms with E-state index >= 15 is 0 Å². The van der Waals surface area contributed by atoms with Crippen LogP contribution in [0.4, 0.5) is 0 Å². The second kappa shape index (κ2) is 6.87. The fourth-order valence-corrected chi connectivity index (χ4v) is 3.07. The maximum absolute atomic E-state index is 12.1. The van der Waals surface area contributed by atoms with Crippen LogP contribution >= 0.6 is 0 Å². The molecule has 0 aliphatic rings. The van der Waals surface area contributed by atoms with E-state index in [1.807, 2.05) is 44.2 Å². The van der Waals surface area contributed by atoms with Gasteiger partial charge in [0.15, 0.2) is 0 Å². The lowest BCUT2D eigenvalue weighted by atomic mass is 10.0. The van der Waals surface area contributed by atoms with Gasteiger partial charge in [-0.05, 0) is 37.0 Å². The van der Waals surface area contributed by atoms with Gasteiger partial charge in [0.05, 0.1) is 11.5 Å². The van der Waals surface area contributed by atoms with E-state index in [4.69, 9.17) is 4.18 Å². The number of benzene rings is 2. The van der Waals surface area contributed by atoms with E-state index in [1.165, 1.54) is 5.56 Å². The fraction of sp³-hybridized carbons (Fsp3) is 0.294. The Morgan fingerprint density at radius 1 is 1.00 bits per heavy atom. The van der Waals surface area contributed by atoms with Crippen molar-refractivity contribution in [3.63, 3.8) is 0 Å². The Morgan fingerprint density at radius 3 is 2.24 bits per heavy atom. The van der Waals surface area contributed by atoms with Crippen LogP contribution in [0.3, 0.4) is 0 Å². The summed E-state index contributed by atoms with van der Waals surface area (Å²) >= 11 is 0. The Morgan fingerprint density at radius 2 is 1.62 bits per heavy atom. The van der Waals surface area contributed by atoms with Crippen molar-refractivity contribution in [2.24, 2.45) is 5.92 Å². The third-order valence-electron chi connectivity index (χ3n) is 3.24. The molecule has 4 heteroatoms. The van der Waals surface area contributed by atoms with Crippen molar-refractivity contribution >= 4 is 10.1 Å². The van der Waals surface area contributed by atoms with Gasteiger partial charge in [0, 0.05) is 0 Å². The standard InChI is InChI=1S/C17H20O3S/c1-14-8-10-17(11-9-14)21(18,19)20-13-15(2)12-16-6-4-3-5-7-16/h3-11,15H,12-13H2,1-2H3/t15-/m0/s1. The molecular weight excluding hydrogens is 284 g/mol. The molecule has 2 aromatic carbocycles. The molecule has 0 N–H and O–H groups in total. The van der Waals surface area contributed by atoms with Crippen LogP contribution in [0.2, 0.25) is 0 Å². The zero-order chi connectivity index (χ0) is 15.3. The molecule has 0 unspecified atom stereocenters. The minimum absolute atomic E-state index is 0.132. The van der Waals surface area contributed by atoms with Gasteiger partial charge in [-0.2, -0.15) is 8.42 Å². The maximum atomic E-state index is 12.1. The molecule has 0 aromatic heterocycles. The molecule has 0 saturated heterocycles. The molecule has 0 fully saturated rings. The number of hydrogen-bond acceptors (Lipinski definition) is 3. The van der Waals surface area contributed by atoms with Crippen molar-refractivity contribution in [1.82, 2.24) is 0 Å². The van der Waals surface area contributed by atoms with E-state index in [9.17, 15) is 8.42 Å². The average Bonchev–Trinajstić information content (AvgIpc) is 2.47. The quantitative estimate of drug-likeness (QED) is 0.766. The highest BCUT2D eigenvalue weighted by Crippen LogP contribution is 2.16. The highest BCUT2D eigenvalue weighted by Gasteiger charge is 2.16. The summed E-state index contributed by atoms with van der Waals surface area (Å²) in [5.74, 6) is 0.132. The molecule has 1 atom stereocenters. The fourth-order valence-electron chi connectivity index (χ4n) is 2.05. The van der Waals surface area contributed by atoms with Crippen molar-refractivity contribution < 1.29 is 12.6 Å². The largest absolute Gasteiger partial charge is 0.296 e. The minimum atomic E-state index is -3.66. The average molecular weight is 304 g/mol. The van der Waals surface area contributed by atoms with Gasteiger partial charge in [0.1, 0.15) is 0 Å². The Balaban J connectivity index is 1.94. The molecule has 0 spiro atoms. The SMILES string of the molecule is Cc1ccc(S(=O)(=O)OC[C@@H](C)Cc2ccccc2)cc1. The molecule has 0 aliphatic carbocycles. The molecule has 0 radical (unpaired) electrons. The van der Waals surface area contributed by atoms with E-state index in [2.05, 4.69) is 0 Å². The second-order valence-electron chi connectivity index (χ2n) is 5.35. The molecule has 112 valence electrons. The first kappa shape index (κ1) is 15.7. The van der Waals surface area contributed by atoms with Gasteiger partial charge in [0.2, 0.25) is 0 Å². The van der Waals surface area contributed by atoms with E-state index in [0.717, 1.165) is 12.0 Å². The third-order valence-corrected chi connectivity index (χ3v) is 4.54. The summed E-state index contributed by atoms with van der Waals surface area (Å²) in [7, 11) is -3.66. The summed E-state index contributed by atoms with van der Waals surface area (Å²) in [6.07, 6.45) is 0.796. The normalized spacial score (nSPS) is 13.0. The Kier molecular flexibility index (Phi) is 5.15. The molecule has 0 aliphatic heterocycles. The lowest BCUT2D eigenvalue weighted by Gasteiger charge is -2.12. The van der Waals surface area contributed by atoms with Crippen LogP contribution in [-0.2, 0) is 20.7 Å². The van der Waals surface area contributed by atoms with Crippen molar-refractivity contribution in [2.75, 3.05) is 6.61 Å². The van der Waals surface area contributed by atoms with Crippen LogP contribution < -0.4 is 0 Å². The summed E-state index contributed by atoms with van der Waals surface area (Å²) in [6, 6.07) is 16.7. The van der Waals surface area contributed by atoms with E-state index in [1.54, 1.807) is 24.3 Å². The van der Waals surface area contributed by atoms with Crippen LogP contribution in [0.25, 0.3) is 0 Å². The molecule has 0 amide bonds. The molecule has 0 heterocycles. The molecule has 0 saturated carbocycles. The predicted octanol–water partition coefficient (Wildman–Crippen LogP) is 3.58. The monoisotopic (exact) mass is 304 g/mol. The number of aryl methyl sites for hydroxylation is 1. The van der Waals surface area contributed by atoms with Gasteiger partial charge in [-0.3, -0.25) is 4.18 Å². The number of rotatable bonds is 6. The third kappa shape index (κ3) is 4.69. The summed E-state index contributed by atoms with van der Waals surface area (Å²) in [5, 5.41) is 0. The first-order valence-corrected chi connectivity index (χ1v) is 8.38. The lowest BCUT2D eigenvalue weighted by molar-refractivity contribution is 0.264. The van der Waals surface area contributed by atoms with Crippen LogP contribution in [0, 0.1) is 12.8 Å². The van der Waals surface area contributed by atoms with Gasteiger partial charge >= 0.3 is 0 Å². The second-order valence-corrected chi connectivity index (χ2v) is 6.96. The Bertz CT molecular complexity index is 661. The molecular formula is C17H20O3S. The Hall–Kier alpha value is -1.65. The molecule has 0 bridgehead atoms. The summed E-state index contributed by atoms with van der Waals surface area (Å²) in [4.78, 5) is 0.208. The highest BCUT2D eigenvalue weighted by molar-refractivity contribution is 7.86. The van der Waals surface area contributed by atoms with Gasteiger partial charge in [-0.1, -0.05) is 55.0 Å². The lowest BCUT2D eigenvalue weighted by Crippen LogP contribution is -2.14. The smallest absolute Gasteiger partial charge is 0.266 e. The van der Waals surface area contributed by atoms with Gasteiger partial charge in [-0.25, -0.2) is 0 Å². The predicted molar refractivity (Wildman–Crippen MR) is 83.6 cm³/mol. The van der Waals surface area contributed by atoms with E-state index in [-0.39, 0.29) is 17.4 Å². The van der Waals surface area contributed by atoms with Gasteiger partial charge < -0.3 is 0 Å². The zero-order valence-electron chi connectivity index (χ0n) is 12.3. The van der Waals surface area contributed by atoms with Gasteiger partial charge in [0.25, 0.3) is 10.1 Å². The molecule has 21 heavy (non-hydrogen) atoms. The van der Waals surface area contributed by atoms with Crippen LogP contribution in [0.5, 0.6) is 0 Å². The van der Waals surface area contributed by atoms with Crippen molar-refractivity contribution in [1.29, 1.82) is 0 Å². The summed E-state index contributed by atoms with van der Waals surface area (Å²) in [5.41, 5.74) is 2.20. The topological polar surface area (TPSA) is 43.4 Å². The Labute approximate surface area is 126 Å². The van der Waals surface area contributed by atoms with E-state index < -0.39 is 10.1 Å². The van der Waals surface area contributed by atoms with Gasteiger partial charge in [-0.15, -0.1) is 0 Å². The highest BCUT2D eigenvalue weighted by atomic mass is 32.2. The van der Waals surface area contributed by atoms with Crippen LogP contribution in [-0.4, -0.2) is 15.0 Å².